The summed E-state index contributed by atoms with van der Waals surface area (Å²) in [5, 5.41) is 18.0. The van der Waals surface area contributed by atoms with E-state index < -0.39 is 5.97 Å². The second-order valence-electron chi connectivity index (χ2n) is 4.82. The first-order chi connectivity index (χ1) is 8.70. The van der Waals surface area contributed by atoms with Crippen LogP contribution in [0.2, 0.25) is 0 Å². The van der Waals surface area contributed by atoms with Gasteiger partial charge in [0.25, 0.3) is 0 Å². The fourth-order valence-corrected chi connectivity index (χ4v) is 2.57. The first kappa shape index (κ1) is 13.1. The van der Waals surface area contributed by atoms with Gasteiger partial charge in [-0.15, -0.1) is 0 Å². The molecule has 1 aliphatic heterocycles. The molecule has 1 unspecified atom stereocenters. The highest BCUT2D eigenvalue weighted by Gasteiger charge is 2.22. The number of piperidine rings is 1. The van der Waals surface area contributed by atoms with Crippen LogP contribution < -0.4 is 0 Å². The number of nitrogens with zero attached hydrogens (tertiary/aromatic N) is 1. The Kier molecular flexibility index (Phi) is 4.38. The smallest absolute Gasteiger partial charge is 0.339 e. The van der Waals surface area contributed by atoms with Gasteiger partial charge in [0.2, 0.25) is 0 Å². The van der Waals surface area contributed by atoms with E-state index in [1.54, 1.807) is 0 Å². The van der Waals surface area contributed by atoms with Crippen LogP contribution in [0.4, 0.5) is 0 Å². The Morgan fingerprint density at radius 3 is 3.11 bits per heavy atom. The van der Waals surface area contributed by atoms with Crippen LogP contribution in [0.1, 0.15) is 35.4 Å². The van der Waals surface area contributed by atoms with Crippen molar-refractivity contribution < 1.29 is 19.4 Å². The molecule has 1 saturated heterocycles. The molecule has 0 amide bonds. The summed E-state index contributed by atoms with van der Waals surface area (Å²) >= 11 is 0. The molecular weight excluding hydrogens is 234 g/mol. The van der Waals surface area contributed by atoms with E-state index in [-0.39, 0.29) is 12.2 Å². The largest absolute Gasteiger partial charge is 0.478 e. The molecule has 100 valence electrons. The molecule has 0 saturated carbocycles. The molecule has 0 bridgehead atoms. The number of carboxylic acid groups (broad SMARTS) is 1. The molecule has 2 heterocycles. The summed E-state index contributed by atoms with van der Waals surface area (Å²) < 4.78 is 5.25. The zero-order chi connectivity index (χ0) is 13.0. The first-order valence-corrected chi connectivity index (χ1v) is 6.33. The Morgan fingerprint density at radius 2 is 2.39 bits per heavy atom. The van der Waals surface area contributed by atoms with Crippen molar-refractivity contribution in [3.8, 4) is 0 Å². The number of likely N-dealkylation sites (tertiary alicyclic amines) is 1. The van der Waals surface area contributed by atoms with E-state index in [1.807, 2.05) is 0 Å². The number of rotatable bonds is 5. The lowest BCUT2D eigenvalue weighted by Crippen LogP contribution is -2.35. The van der Waals surface area contributed by atoms with Crippen molar-refractivity contribution >= 4 is 5.97 Å². The van der Waals surface area contributed by atoms with Crippen molar-refractivity contribution in [2.75, 3.05) is 19.7 Å². The topological polar surface area (TPSA) is 73.9 Å². The predicted octanol–water partition coefficient (Wildman–Crippen LogP) is 1.57. The third-order valence-electron chi connectivity index (χ3n) is 3.48. The Bertz CT molecular complexity index is 399. The summed E-state index contributed by atoms with van der Waals surface area (Å²) in [5.41, 5.74) is 0.249. The lowest BCUT2D eigenvalue weighted by Gasteiger charge is -2.31. The van der Waals surface area contributed by atoms with Crippen LogP contribution in [0.3, 0.4) is 0 Å². The van der Waals surface area contributed by atoms with Gasteiger partial charge in [-0.05, 0) is 37.8 Å². The van der Waals surface area contributed by atoms with Gasteiger partial charge in [0.05, 0.1) is 12.8 Å². The van der Waals surface area contributed by atoms with Crippen molar-refractivity contribution in [3.63, 3.8) is 0 Å². The van der Waals surface area contributed by atoms with Gasteiger partial charge in [0.15, 0.2) is 0 Å². The minimum absolute atomic E-state index is 0.222. The molecule has 2 rings (SSSR count). The van der Waals surface area contributed by atoms with Gasteiger partial charge in [-0.25, -0.2) is 4.79 Å². The highest BCUT2D eigenvalue weighted by molar-refractivity contribution is 5.88. The number of hydrogen-bond donors (Lipinski definition) is 2. The van der Waals surface area contributed by atoms with Gasteiger partial charge >= 0.3 is 5.97 Å². The molecule has 1 aliphatic rings. The summed E-state index contributed by atoms with van der Waals surface area (Å²) in [6, 6.07) is 1.49. The summed E-state index contributed by atoms with van der Waals surface area (Å²) in [6.07, 6.45) is 4.48. The molecule has 0 radical (unpaired) electrons. The van der Waals surface area contributed by atoms with Gasteiger partial charge in [0, 0.05) is 13.2 Å². The van der Waals surface area contributed by atoms with E-state index in [1.165, 1.54) is 12.3 Å². The summed E-state index contributed by atoms with van der Waals surface area (Å²) in [6.45, 7) is 2.62. The Labute approximate surface area is 106 Å². The van der Waals surface area contributed by atoms with E-state index in [4.69, 9.17) is 14.6 Å². The highest BCUT2D eigenvalue weighted by atomic mass is 16.4. The average Bonchev–Trinajstić information content (AvgIpc) is 2.78. The van der Waals surface area contributed by atoms with E-state index >= 15 is 0 Å². The first-order valence-electron chi connectivity index (χ1n) is 6.33. The second kappa shape index (κ2) is 6.02. The number of aliphatic hydroxyl groups excluding tert-OH is 1. The monoisotopic (exact) mass is 253 g/mol. The van der Waals surface area contributed by atoms with Crippen molar-refractivity contribution in [1.82, 2.24) is 4.90 Å². The van der Waals surface area contributed by atoms with Crippen molar-refractivity contribution in [2.24, 2.45) is 5.92 Å². The van der Waals surface area contributed by atoms with Crippen LogP contribution in [0, 0.1) is 5.92 Å². The molecule has 18 heavy (non-hydrogen) atoms. The predicted molar refractivity (Wildman–Crippen MR) is 65.4 cm³/mol. The third kappa shape index (κ3) is 3.11. The quantitative estimate of drug-likeness (QED) is 0.833. The summed E-state index contributed by atoms with van der Waals surface area (Å²) in [4.78, 5) is 13.2. The van der Waals surface area contributed by atoms with E-state index in [2.05, 4.69) is 4.90 Å². The molecule has 0 spiro atoms. The lowest BCUT2D eigenvalue weighted by atomic mass is 9.95. The SMILES string of the molecule is O=C(O)c1ccoc1CN1CCCC(CCO)C1. The minimum Gasteiger partial charge on any atom is -0.478 e. The minimum atomic E-state index is -0.942. The highest BCUT2D eigenvalue weighted by Crippen LogP contribution is 2.22. The Balaban J connectivity index is 1.96. The van der Waals surface area contributed by atoms with Crippen LogP contribution in [0.15, 0.2) is 16.7 Å². The van der Waals surface area contributed by atoms with E-state index in [0.29, 0.717) is 18.2 Å². The number of carbonyl (C=O) groups is 1. The maximum Gasteiger partial charge on any atom is 0.339 e. The fraction of sp³-hybridized carbons (Fsp3) is 0.615. The van der Waals surface area contributed by atoms with Crippen LogP contribution >= 0.6 is 0 Å². The van der Waals surface area contributed by atoms with Crippen molar-refractivity contribution in [1.29, 1.82) is 0 Å². The van der Waals surface area contributed by atoms with Gasteiger partial charge in [-0.2, -0.15) is 0 Å². The Hall–Kier alpha value is -1.33. The van der Waals surface area contributed by atoms with Crippen molar-refractivity contribution in [3.05, 3.63) is 23.7 Å². The molecule has 1 atom stereocenters. The molecule has 0 aromatic carbocycles. The van der Waals surface area contributed by atoms with Crippen LogP contribution in [-0.4, -0.2) is 40.8 Å². The van der Waals surface area contributed by atoms with Crippen LogP contribution in [-0.2, 0) is 6.54 Å². The standard InChI is InChI=1S/C13H19NO4/c15-6-3-10-2-1-5-14(8-10)9-12-11(13(16)17)4-7-18-12/h4,7,10,15H,1-3,5-6,8-9H2,(H,16,17). The maximum atomic E-state index is 11.0. The number of aliphatic hydroxyl groups is 1. The summed E-state index contributed by atoms with van der Waals surface area (Å²) in [5.74, 6) is 0.0850. The number of carboxylic acids is 1. The lowest BCUT2D eigenvalue weighted by molar-refractivity contribution is 0.0690. The third-order valence-corrected chi connectivity index (χ3v) is 3.48. The summed E-state index contributed by atoms with van der Waals surface area (Å²) in [7, 11) is 0. The van der Waals surface area contributed by atoms with Gasteiger partial charge in [-0.3, -0.25) is 4.90 Å². The van der Waals surface area contributed by atoms with Gasteiger partial charge < -0.3 is 14.6 Å². The number of hydrogen-bond acceptors (Lipinski definition) is 4. The molecule has 5 nitrogen and oxygen atoms in total. The van der Waals surface area contributed by atoms with E-state index in [0.717, 1.165) is 32.4 Å². The second-order valence-corrected chi connectivity index (χ2v) is 4.82. The zero-order valence-corrected chi connectivity index (χ0v) is 10.3. The molecule has 1 aromatic heterocycles. The van der Waals surface area contributed by atoms with Gasteiger partial charge in [0.1, 0.15) is 11.3 Å². The maximum absolute atomic E-state index is 11.0. The molecule has 0 aliphatic carbocycles. The van der Waals surface area contributed by atoms with Gasteiger partial charge in [-0.1, -0.05) is 0 Å². The Morgan fingerprint density at radius 1 is 1.56 bits per heavy atom. The number of aromatic carboxylic acids is 1. The fourth-order valence-electron chi connectivity index (χ4n) is 2.57. The molecule has 2 N–H and O–H groups in total. The normalized spacial score (nSPS) is 21.1. The molecule has 5 heteroatoms. The zero-order valence-electron chi connectivity index (χ0n) is 10.3. The molecule has 1 aromatic rings. The van der Waals surface area contributed by atoms with Crippen LogP contribution in [0.25, 0.3) is 0 Å². The van der Waals surface area contributed by atoms with Crippen LogP contribution in [0.5, 0.6) is 0 Å². The van der Waals surface area contributed by atoms with Crippen molar-refractivity contribution in [2.45, 2.75) is 25.8 Å². The molecule has 1 fully saturated rings. The van der Waals surface area contributed by atoms with E-state index in [9.17, 15) is 4.79 Å². The number of furan rings is 1. The molecular formula is C13H19NO4. The average molecular weight is 253 g/mol.